The zero-order valence-corrected chi connectivity index (χ0v) is 33.0. The number of hydrogen-bond acceptors (Lipinski definition) is 15. The van der Waals surface area contributed by atoms with E-state index in [9.17, 15) is 54.9 Å². The van der Waals surface area contributed by atoms with Crippen molar-refractivity contribution in [3.8, 4) is 11.5 Å². The van der Waals surface area contributed by atoms with Crippen molar-refractivity contribution < 1.29 is 73.9 Å². The Morgan fingerprint density at radius 3 is 1.98 bits per heavy atom. The topological polar surface area (TPSA) is 259 Å². The van der Waals surface area contributed by atoms with E-state index in [2.05, 4.69) is 5.32 Å². The molecule has 16 nitrogen and oxygen atoms in total. The number of anilines is 1. The highest BCUT2D eigenvalue weighted by Gasteiger charge is 2.48. The zero-order chi connectivity index (χ0) is 42.4. The Hall–Kier alpha value is -4.84. The van der Waals surface area contributed by atoms with Gasteiger partial charge in [0.2, 0.25) is 6.79 Å². The lowest BCUT2D eigenvalue weighted by molar-refractivity contribution is -0.171. The van der Waals surface area contributed by atoms with E-state index in [1.807, 2.05) is 0 Å². The lowest BCUT2D eigenvalue weighted by Crippen LogP contribution is -2.54. The molecule has 8 N–H and O–H groups in total. The molecule has 1 aromatic carbocycles. The van der Waals surface area contributed by atoms with Gasteiger partial charge in [-0.25, -0.2) is 0 Å². The summed E-state index contributed by atoms with van der Waals surface area (Å²) in [6.07, 6.45) is -2.56. The van der Waals surface area contributed by atoms with Crippen LogP contribution in [-0.4, -0.2) is 109 Å². The predicted octanol–water partition coefficient (Wildman–Crippen LogP) is 2.22. The number of hydrogen-bond donors (Lipinski definition) is 8. The Bertz CT molecular complexity index is 1970. The molecule has 0 aromatic heterocycles. The maximum Gasteiger partial charge on any atom is 0.313 e. The van der Waals surface area contributed by atoms with E-state index in [-0.39, 0.29) is 61.9 Å². The first kappa shape index (κ1) is 43.9. The maximum atomic E-state index is 14.0. The molecule has 3 aliphatic heterocycles. The van der Waals surface area contributed by atoms with E-state index in [1.54, 1.807) is 0 Å². The Kier molecular flexibility index (Phi) is 12.8. The van der Waals surface area contributed by atoms with Crippen LogP contribution in [0, 0.1) is 24.7 Å². The lowest BCUT2D eigenvalue weighted by Gasteiger charge is -2.40. The van der Waals surface area contributed by atoms with Crippen molar-refractivity contribution in [2.24, 2.45) is 17.8 Å². The van der Waals surface area contributed by atoms with Crippen molar-refractivity contribution in [2.75, 3.05) is 19.2 Å². The van der Waals surface area contributed by atoms with E-state index >= 15 is 0 Å². The van der Waals surface area contributed by atoms with E-state index in [1.165, 1.54) is 73.6 Å². The van der Waals surface area contributed by atoms with Crippen LogP contribution in [0.25, 0.3) is 5.57 Å². The molecule has 0 unspecified atom stereocenters. The summed E-state index contributed by atoms with van der Waals surface area (Å²) in [6, 6.07) is 0. The van der Waals surface area contributed by atoms with Crippen molar-refractivity contribution in [3.63, 3.8) is 0 Å². The molecule has 9 atom stereocenters. The third-order valence-corrected chi connectivity index (χ3v) is 10.7. The fourth-order valence-corrected chi connectivity index (χ4v) is 7.31. The second kappa shape index (κ2) is 16.3. The highest BCUT2D eigenvalue weighted by Crippen LogP contribution is 2.53. The molecule has 0 saturated heterocycles. The molecule has 5 rings (SSSR count). The number of esters is 2. The van der Waals surface area contributed by atoms with Crippen LogP contribution in [0.1, 0.15) is 76.9 Å². The first-order chi connectivity index (χ1) is 25.9. The number of rotatable bonds is 2. The molecular formula is C40H51NO15. The molecular weight excluding hydrogens is 734 g/mol. The number of amides is 1. The van der Waals surface area contributed by atoms with Crippen molar-refractivity contribution in [3.05, 3.63) is 69.2 Å². The van der Waals surface area contributed by atoms with Crippen LogP contribution in [0.2, 0.25) is 0 Å². The predicted molar refractivity (Wildman–Crippen MR) is 200 cm³/mol. The number of nitrogens with one attached hydrogen (secondary N) is 1. The number of carbonyl (C=O) groups excluding carboxylic acids is 4. The number of benzene rings is 1. The quantitative estimate of drug-likeness (QED) is 0.122. The highest BCUT2D eigenvalue weighted by atomic mass is 16.7. The normalized spacial score (nSPS) is 31.8. The largest absolute Gasteiger partial charge is 0.505 e. The summed E-state index contributed by atoms with van der Waals surface area (Å²) in [5.41, 5.74) is -4.84. The molecule has 1 aliphatic carbocycles. The molecule has 3 heterocycles. The minimum absolute atomic E-state index is 0.00246. The van der Waals surface area contributed by atoms with Crippen LogP contribution < -0.4 is 10.1 Å². The monoisotopic (exact) mass is 785 g/mol. The third kappa shape index (κ3) is 8.03. The summed E-state index contributed by atoms with van der Waals surface area (Å²) in [7, 11) is 1.01. The maximum absolute atomic E-state index is 14.0. The van der Waals surface area contributed by atoms with Gasteiger partial charge in [-0.3, -0.25) is 19.2 Å². The average Bonchev–Trinajstić information content (AvgIpc) is 3.13. The molecule has 1 amide bonds. The number of fused-ring (bicyclic) bond motifs is 14. The Morgan fingerprint density at radius 2 is 1.43 bits per heavy atom. The number of aliphatic hydroxyl groups is 6. The van der Waals surface area contributed by atoms with Gasteiger partial charge < -0.3 is 60.0 Å². The average molecular weight is 786 g/mol. The Labute approximate surface area is 324 Å². The summed E-state index contributed by atoms with van der Waals surface area (Å²) < 4.78 is 22.2. The molecule has 4 aliphatic rings. The SMILES string of the molecule is COC(=O)[C@@H]1[C@H](O)[C@H](C)[C@H](O)[C@](C)(O)C=CC=C(C)C(=O)Nc2c(C)c(OC(C)=O)c3c(c2O)C(=O)C(C)=C2OCOC(=C23)C(C)=C[C@](C)(O)[C@H](O)[C@@H](C)[C@@H]1O. The summed E-state index contributed by atoms with van der Waals surface area (Å²) in [4.78, 5) is 53.1. The number of ether oxygens (including phenoxy) is 4. The summed E-state index contributed by atoms with van der Waals surface area (Å²) in [6.45, 7) is 11.5. The number of ketones is 1. The van der Waals surface area contributed by atoms with E-state index in [0.29, 0.717) is 0 Å². The fraction of sp³-hybridized carbons (Fsp3) is 0.500. The lowest BCUT2D eigenvalue weighted by atomic mass is 9.74. The van der Waals surface area contributed by atoms with Gasteiger partial charge in [-0.1, -0.05) is 32.1 Å². The van der Waals surface area contributed by atoms with Crippen molar-refractivity contribution in [2.45, 2.75) is 97.9 Å². The van der Waals surface area contributed by atoms with Crippen molar-refractivity contribution in [1.29, 1.82) is 0 Å². The third-order valence-electron chi connectivity index (χ3n) is 10.7. The van der Waals surface area contributed by atoms with Crippen LogP contribution in [0.5, 0.6) is 11.5 Å². The molecule has 56 heavy (non-hydrogen) atoms. The smallest absolute Gasteiger partial charge is 0.313 e. The molecule has 1 aromatic rings. The molecule has 4 bridgehead atoms. The van der Waals surface area contributed by atoms with E-state index < -0.39 is 89.5 Å². The van der Waals surface area contributed by atoms with Gasteiger partial charge in [0, 0.05) is 41.0 Å². The van der Waals surface area contributed by atoms with E-state index in [0.717, 1.165) is 20.1 Å². The molecule has 0 radical (unpaired) electrons. The fourth-order valence-electron chi connectivity index (χ4n) is 7.31. The molecule has 0 spiro atoms. The first-order valence-electron chi connectivity index (χ1n) is 17.9. The Morgan fingerprint density at radius 1 is 0.875 bits per heavy atom. The standard InChI is InChI=1S/C40H51NO15/c1-16-12-11-13-39(8,51)35(47)20(5)29(44)26(38(50)53-10)30(45)21(6)36(48)40(9,52)14-17(2)32-25-23-24(28(43)19(4)33(25)55-15-54-32)31(46)27(41-37(16)49)18(3)34(23)56-22(7)42/h11-14,20-21,26,29-30,35-36,44-48,51-52H,15H2,1-10H3,(H,41,49)/t20-,21-,26+,29+,30-,35-,36+,39+,40-/m0/s1. The van der Waals surface area contributed by atoms with Crippen LogP contribution in [0.15, 0.2) is 52.5 Å². The van der Waals surface area contributed by atoms with E-state index in [4.69, 9.17) is 18.9 Å². The first-order valence-corrected chi connectivity index (χ1v) is 17.9. The van der Waals surface area contributed by atoms with Gasteiger partial charge in [0.25, 0.3) is 5.91 Å². The molecule has 0 saturated carbocycles. The van der Waals surface area contributed by atoms with Gasteiger partial charge in [0.05, 0.1) is 48.3 Å². The molecule has 16 heteroatoms. The zero-order valence-electron chi connectivity index (χ0n) is 33.0. The van der Waals surface area contributed by atoms with Crippen molar-refractivity contribution >= 4 is 34.9 Å². The number of methoxy groups -OCH3 is 1. The van der Waals surface area contributed by atoms with Crippen LogP contribution >= 0.6 is 0 Å². The number of aromatic hydroxyl groups is 1. The van der Waals surface area contributed by atoms with Gasteiger partial charge in [-0.2, -0.15) is 0 Å². The van der Waals surface area contributed by atoms with Gasteiger partial charge in [0.15, 0.2) is 11.5 Å². The number of aliphatic hydroxyl groups excluding tert-OH is 4. The molecule has 306 valence electrons. The highest BCUT2D eigenvalue weighted by molar-refractivity contribution is 6.21. The minimum Gasteiger partial charge on any atom is -0.505 e. The summed E-state index contributed by atoms with van der Waals surface area (Å²) >= 11 is 0. The van der Waals surface area contributed by atoms with Gasteiger partial charge in [0.1, 0.15) is 34.4 Å². The molecule has 0 fully saturated rings. The summed E-state index contributed by atoms with van der Waals surface area (Å²) in [5, 5.41) is 82.9. The van der Waals surface area contributed by atoms with Gasteiger partial charge in [-0.05, 0) is 53.2 Å². The number of carbonyl (C=O) groups is 4. The number of phenols is 1. The number of Topliss-reactive ketones (excluding diaryl/α,β-unsaturated/α-hetero) is 1. The second-order valence-electron chi connectivity index (χ2n) is 15.0. The van der Waals surface area contributed by atoms with Crippen LogP contribution in [0.4, 0.5) is 5.69 Å². The van der Waals surface area contributed by atoms with Gasteiger partial charge >= 0.3 is 11.9 Å². The summed E-state index contributed by atoms with van der Waals surface area (Å²) in [5.74, 6) is -8.84. The second-order valence-corrected chi connectivity index (χ2v) is 15.0. The van der Waals surface area contributed by atoms with Crippen molar-refractivity contribution in [1.82, 2.24) is 0 Å². The van der Waals surface area contributed by atoms with Crippen LogP contribution in [0.3, 0.4) is 0 Å². The van der Waals surface area contributed by atoms with Gasteiger partial charge in [-0.15, -0.1) is 0 Å². The van der Waals surface area contributed by atoms with Crippen LogP contribution in [-0.2, 0) is 28.6 Å². The number of allylic oxidation sites excluding steroid dienone is 5. The minimum atomic E-state index is -2.22. The number of phenolic OH excluding ortho intramolecular Hbond substituents is 1. The Balaban J connectivity index is 2.08.